The summed E-state index contributed by atoms with van der Waals surface area (Å²) in [6.07, 6.45) is 0. The Morgan fingerprint density at radius 2 is 1.40 bits per heavy atom. The van der Waals surface area contributed by atoms with Crippen molar-refractivity contribution in [2.24, 2.45) is 0 Å². The van der Waals surface area contributed by atoms with E-state index < -0.39 is 9.17 Å². The van der Waals surface area contributed by atoms with Gasteiger partial charge >= 0.3 is 9.17 Å². The van der Waals surface area contributed by atoms with E-state index >= 15 is 0 Å². The molecule has 0 aromatic carbocycles. The van der Waals surface area contributed by atoms with Crippen LogP contribution in [-0.4, -0.2) is 35.8 Å². The Balaban J connectivity index is 0. The Kier molecular flexibility index (Phi) is 7.39. The van der Waals surface area contributed by atoms with Gasteiger partial charge in [-0.2, -0.15) is 0 Å². The van der Waals surface area contributed by atoms with Gasteiger partial charge in [-0.25, -0.2) is 0 Å². The molecule has 0 aliphatic heterocycles. The van der Waals surface area contributed by atoms with E-state index in [9.17, 15) is 0 Å². The van der Waals surface area contributed by atoms with E-state index in [0.717, 1.165) is 0 Å². The third-order valence-electron chi connectivity index (χ3n) is 0. The summed E-state index contributed by atoms with van der Waals surface area (Å²) < 4.78 is 8.74. The van der Waals surface area contributed by atoms with E-state index in [2.05, 4.69) is 0 Å². The molecule has 5 heavy (non-hydrogen) atoms. The van der Waals surface area contributed by atoms with Crippen molar-refractivity contribution in [3.8, 4) is 0 Å². The van der Waals surface area contributed by atoms with Crippen molar-refractivity contribution in [3.63, 3.8) is 0 Å². The zero-order valence-electron chi connectivity index (χ0n) is 2.21. The van der Waals surface area contributed by atoms with Crippen LogP contribution in [0.2, 0.25) is 0 Å². The van der Waals surface area contributed by atoms with Crippen molar-refractivity contribution in [3.05, 3.63) is 0 Å². The van der Waals surface area contributed by atoms with Gasteiger partial charge < -0.3 is 9.59 Å². The van der Waals surface area contributed by atoms with Gasteiger partial charge in [0.2, 0.25) is 0 Å². The maximum atomic E-state index is 8.74. The third kappa shape index (κ3) is 1020. The van der Waals surface area contributed by atoms with Gasteiger partial charge in [-0.15, -0.1) is 0 Å². The Bertz CT molecular complexity index is 29.9. The van der Waals surface area contributed by atoms with Crippen LogP contribution in [0.25, 0.3) is 0 Å². The summed E-state index contributed by atoms with van der Waals surface area (Å²) in [6, 6.07) is 0. The Hall–Kier alpha value is 0.136. The molecule has 0 fully saturated rings. The van der Waals surface area contributed by atoms with Crippen molar-refractivity contribution < 1.29 is 14.1 Å². The first-order valence-electron chi connectivity index (χ1n) is 0.651. The van der Waals surface area contributed by atoms with Crippen LogP contribution < -0.4 is 0 Å². The van der Waals surface area contributed by atoms with E-state index in [1.807, 2.05) is 0 Å². The predicted octanol–water partition coefficient (Wildman–Crippen LogP) is -1.99. The zero-order chi connectivity index (χ0) is 3.58. The SMILES string of the molecule is O=[Si](O)O.[Se]. The van der Waals surface area contributed by atoms with Gasteiger partial charge in [-0.3, -0.25) is 4.46 Å². The number of hydrogen-bond donors (Lipinski definition) is 2. The molecule has 0 saturated heterocycles. The fourth-order valence-electron chi connectivity index (χ4n) is 0. The van der Waals surface area contributed by atoms with Crippen LogP contribution in [0.4, 0.5) is 0 Å². The first-order chi connectivity index (χ1) is 1.73. The molecule has 0 amide bonds. The van der Waals surface area contributed by atoms with Crippen LogP contribution in [0.5, 0.6) is 0 Å². The quantitative estimate of drug-likeness (QED) is 0.400. The van der Waals surface area contributed by atoms with Crippen LogP contribution in [0, 0.1) is 0 Å². The van der Waals surface area contributed by atoms with Crippen molar-refractivity contribution in [2.45, 2.75) is 0 Å². The minimum Gasteiger partial charge on any atom is -0.511 e. The van der Waals surface area contributed by atoms with Crippen molar-refractivity contribution in [1.82, 2.24) is 0 Å². The van der Waals surface area contributed by atoms with Crippen LogP contribution in [0.1, 0.15) is 0 Å². The Morgan fingerprint density at radius 3 is 1.40 bits per heavy atom. The second kappa shape index (κ2) is 4.14. The van der Waals surface area contributed by atoms with Crippen molar-refractivity contribution in [1.29, 1.82) is 0 Å². The minimum atomic E-state index is -3.13. The molecule has 3 nitrogen and oxygen atoms in total. The van der Waals surface area contributed by atoms with Crippen LogP contribution in [0.3, 0.4) is 0 Å². The normalized spacial score (nSPS) is 4.80. The van der Waals surface area contributed by atoms with Crippen LogP contribution >= 0.6 is 0 Å². The van der Waals surface area contributed by atoms with Gasteiger partial charge in [0.05, 0.1) is 0 Å². The van der Waals surface area contributed by atoms with Crippen LogP contribution in [0.15, 0.2) is 0 Å². The fourth-order valence-corrected chi connectivity index (χ4v) is 0. The monoisotopic (exact) mass is 158 g/mol. The summed E-state index contributed by atoms with van der Waals surface area (Å²) in [5, 5.41) is 0. The molecule has 0 aliphatic rings. The molecule has 0 atom stereocenters. The van der Waals surface area contributed by atoms with E-state index in [1.54, 1.807) is 0 Å². The van der Waals surface area contributed by atoms with Crippen molar-refractivity contribution >= 4 is 26.2 Å². The molecule has 0 aromatic rings. The van der Waals surface area contributed by atoms with E-state index in [1.165, 1.54) is 0 Å². The first-order valence-corrected chi connectivity index (χ1v) is 1.95. The van der Waals surface area contributed by atoms with Gasteiger partial charge in [0.15, 0.2) is 0 Å². The molecule has 0 bridgehead atoms. The maximum Gasteiger partial charge on any atom is 0.761 e. The van der Waals surface area contributed by atoms with Gasteiger partial charge in [0.1, 0.15) is 0 Å². The Morgan fingerprint density at radius 1 is 1.40 bits per heavy atom. The second-order valence-corrected chi connectivity index (χ2v) is 0.848. The predicted molar refractivity (Wildman–Crippen MR) is 16.6 cm³/mol. The summed E-state index contributed by atoms with van der Waals surface area (Å²) in [5.74, 6) is 0. The van der Waals surface area contributed by atoms with Gasteiger partial charge in [-0.1, -0.05) is 0 Å². The molecule has 0 spiro atoms. The average molecular weight is 157 g/mol. The summed E-state index contributed by atoms with van der Waals surface area (Å²) in [4.78, 5) is 14.3. The molecule has 0 aliphatic carbocycles. The molecular formula is H2O3SeSi. The summed E-state index contributed by atoms with van der Waals surface area (Å²) >= 11 is 0. The molecule has 0 aromatic heterocycles. The van der Waals surface area contributed by atoms with Gasteiger partial charge in [0.25, 0.3) is 0 Å². The molecule has 30 valence electrons. The average Bonchev–Trinajstić information content (AvgIpc) is 0.811. The zero-order valence-corrected chi connectivity index (χ0v) is 4.92. The summed E-state index contributed by atoms with van der Waals surface area (Å²) in [7, 11) is -3.13. The van der Waals surface area contributed by atoms with Crippen LogP contribution in [-0.2, 0) is 4.46 Å². The minimum absolute atomic E-state index is 0. The van der Waals surface area contributed by atoms with Gasteiger partial charge in [-0.05, 0) is 0 Å². The van der Waals surface area contributed by atoms with E-state index in [4.69, 9.17) is 14.1 Å². The summed E-state index contributed by atoms with van der Waals surface area (Å²) in [5.41, 5.74) is 0. The summed E-state index contributed by atoms with van der Waals surface area (Å²) in [6.45, 7) is 0. The molecule has 2 radical (unpaired) electrons. The molecule has 0 unspecified atom stereocenters. The first kappa shape index (κ1) is 8.93. The van der Waals surface area contributed by atoms with Gasteiger partial charge in [0, 0.05) is 17.1 Å². The smallest absolute Gasteiger partial charge is 0.511 e. The number of hydrogen-bond acceptors (Lipinski definition) is 1. The largest absolute Gasteiger partial charge is 0.761 e. The molecule has 0 heterocycles. The molecule has 2 N–H and O–H groups in total. The third-order valence-corrected chi connectivity index (χ3v) is 0. The molecular weight excluding hydrogens is 155 g/mol. The Labute approximate surface area is 41.0 Å². The standard InChI is InChI=1S/H2O3Si.Se/c1-4(2)3;/h1-2H;. The molecule has 0 rings (SSSR count). The maximum absolute atomic E-state index is 8.74. The fraction of sp³-hybridized carbons (Fsp3) is 0. The van der Waals surface area contributed by atoms with E-state index in [0.29, 0.717) is 0 Å². The molecule has 5 heteroatoms. The topological polar surface area (TPSA) is 57.5 Å². The molecule has 0 saturated carbocycles. The number of rotatable bonds is 0. The van der Waals surface area contributed by atoms with Crippen molar-refractivity contribution in [2.75, 3.05) is 0 Å². The second-order valence-electron chi connectivity index (χ2n) is 0.283. The van der Waals surface area contributed by atoms with E-state index in [-0.39, 0.29) is 17.1 Å².